The van der Waals surface area contributed by atoms with Crippen molar-refractivity contribution in [3.8, 4) is 0 Å². The van der Waals surface area contributed by atoms with Crippen molar-refractivity contribution in [2.24, 2.45) is 0 Å². The SMILES string of the molecule is CCCCCCCCCCCC(CCCCCC)OC(=O)OCCCCCCCCN(CCO)CCCCCCCCCC(=O)OCCCCCCC. The quantitative estimate of drug-likeness (QED) is 0.0490. The van der Waals surface area contributed by atoms with Gasteiger partial charge in [-0.1, -0.05) is 175 Å². The number of unbranched alkanes of at least 4 members (excludes halogenated alkanes) is 26. The lowest BCUT2D eigenvalue weighted by Gasteiger charge is -2.21. The lowest BCUT2D eigenvalue weighted by molar-refractivity contribution is -0.143. The molecule has 7 nitrogen and oxygen atoms in total. The highest BCUT2D eigenvalue weighted by atomic mass is 16.7. The molecule has 316 valence electrons. The standard InChI is InChI=1S/C46H91NO6/c1-4-7-10-13-14-15-17-22-29-36-44(35-28-12-9-6-3)53-46(50)52-43-34-27-21-20-25-32-39-47(40-41-48)38-31-24-19-16-18-23-30-37-45(49)51-42-33-26-11-8-5-2/h44,48H,4-43H2,1-3H3. The van der Waals surface area contributed by atoms with Gasteiger partial charge < -0.3 is 24.2 Å². The number of aliphatic hydroxyl groups is 1. The minimum Gasteiger partial charge on any atom is -0.466 e. The van der Waals surface area contributed by atoms with Crippen LogP contribution in [0.5, 0.6) is 0 Å². The molecule has 1 unspecified atom stereocenters. The molecule has 0 rings (SSSR count). The summed E-state index contributed by atoms with van der Waals surface area (Å²) in [7, 11) is 0. The molecule has 0 fully saturated rings. The van der Waals surface area contributed by atoms with Crippen molar-refractivity contribution in [3.05, 3.63) is 0 Å². The number of hydrogen-bond acceptors (Lipinski definition) is 7. The second-order valence-electron chi connectivity index (χ2n) is 15.9. The first-order chi connectivity index (χ1) is 26.1. The van der Waals surface area contributed by atoms with E-state index in [2.05, 4.69) is 25.7 Å². The summed E-state index contributed by atoms with van der Waals surface area (Å²) in [4.78, 5) is 26.7. The average Bonchev–Trinajstić information content (AvgIpc) is 3.15. The molecule has 0 aromatic rings. The zero-order chi connectivity index (χ0) is 38.7. The summed E-state index contributed by atoms with van der Waals surface area (Å²) in [5, 5.41) is 9.53. The first-order valence-corrected chi connectivity index (χ1v) is 23.4. The summed E-state index contributed by atoms with van der Waals surface area (Å²) in [5.41, 5.74) is 0. The second kappa shape index (κ2) is 43.4. The minimum absolute atomic E-state index is 0.00339. The Morgan fingerprint density at radius 2 is 0.830 bits per heavy atom. The van der Waals surface area contributed by atoms with E-state index in [1.165, 1.54) is 141 Å². The lowest BCUT2D eigenvalue weighted by Crippen LogP contribution is -2.29. The van der Waals surface area contributed by atoms with Crippen molar-refractivity contribution < 1.29 is 28.9 Å². The molecule has 0 bridgehead atoms. The van der Waals surface area contributed by atoms with E-state index in [0.29, 0.717) is 19.6 Å². The van der Waals surface area contributed by atoms with Crippen molar-refractivity contribution in [2.75, 3.05) is 39.5 Å². The first-order valence-electron chi connectivity index (χ1n) is 23.4. The van der Waals surface area contributed by atoms with Crippen LogP contribution >= 0.6 is 0 Å². The number of aliphatic hydroxyl groups excluding tert-OH is 1. The molecule has 0 spiro atoms. The molecule has 0 aromatic heterocycles. The van der Waals surface area contributed by atoms with Gasteiger partial charge in [-0.25, -0.2) is 4.79 Å². The van der Waals surface area contributed by atoms with Crippen LogP contribution in [0, 0.1) is 0 Å². The van der Waals surface area contributed by atoms with Crippen LogP contribution in [-0.2, 0) is 19.0 Å². The van der Waals surface area contributed by atoms with Crippen LogP contribution in [0.1, 0.15) is 239 Å². The van der Waals surface area contributed by atoms with Gasteiger partial charge in [0.2, 0.25) is 0 Å². The monoisotopic (exact) mass is 754 g/mol. The number of carbonyl (C=O) groups is 2. The third kappa shape index (κ3) is 40.1. The van der Waals surface area contributed by atoms with Crippen molar-refractivity contribution in [1.82, 2.24) is 4.90 Å². The largest absolute Gasteiger partial charge is 0.508 e. The Morgan fingerprint density at radius 3 is 1.30 bits per heavy atom. The van der Waals surface area contributed by atoms with Crippen LogP contribution in [0.3, 0.4) is 0 Å². The molecule has 0 saturated carbocycles. The molecule has 53 heavy (non-hydrogen) atoms. The maximum absolute atomic E-state index is 12.5. The van der Waals surface area contributed by atoms with Gasteiger partial charge in [-0.3, -0.25) is 4.79 Å². The number of rotatable bonds is 43. The van der Waals surface area contributed by atoms with Gasteiger partial charge in [0.25, 0.3) is 0 Å². The van der Waals surface area contributed by atoms with Crippen LogP contribution in [0.25, 0.3) is 0 Å². The smallest absolute Gasteiger partial charge is 0.466 e. The van der Waals surface area contributed by atoms with Crippen LogP contribution in [-0.4, -0.2) is 67.7 Å². The van der Waals surface area contributed by atoms with Gasteiger partial charge in [-0.15, -0.1) is 0 Å². The van der Waals surface area contributed by atoms with Gasteiger partial charge in [0.15, 0.2) is 0 Å². The van der Waals surface area contributed by atoms with Crippen molar-refractivity contribution in [3.63, 3.8) is 0 Å². The summed E-state index contributed by atoms with van der Waals surface area (Å²) < 4.78 is 16.6. The predicted octanol–water partition coefficient (Wildman–Crippen LogP) is 13.7. The Morgan fingerprint density at radius 1 is 0.453 bits per heavy atom. The Balaban J connectivity index is 3.84. The normalized spacial score (nSPS) is 12.0. The van der Waals surface area contributed by atoms with Crippen LogP contribution < -0.4 is 0 Å². The van der Waals surface area contributed by atoms with Crippen molar-refractivity contribution in [1.29, 1.82) is 0 Å². The molecule has 0 radical (unpaired) electrons. The topological polar surface area (TPSA) is 85.3 Å². The molecule has 7 heteroatoms. The molecule has 1 atom stereocenters. The molecular formula is C46H91NO6. The van der Waals surface area contributed by atoms with E-state index in [4.69, 9.17) is 14.2 Å². The summed E-state index contributed by atoms with van der Waals surface area (Å²) in [5.74, 6) is -0.0241. The molecule has 0 heterocycles. The molecular weight excluding hydrogens is 663 g/mol. The maximum Gasteiger partial charge on any atom is 0.508 e. The molecule has 0 amide bonds. The van der Waals surface area contributed by atoms with Gasteiger partial charge in [-0.05, 0) is 70.9 Å². The molecule has 1 N–H and O–H groups in total. The fourth-order valence-corrected chi connectivity index (χ4v) is 7.14. The number of carbonyl (C=O) groups excluding carboxylic acids is 2. The first kappa shape index (κ1) is 51.7. The highest BCUT2D eigenvalue weighted by molar-refractivity contribution is 5.69. The number of esters is 1. The summed E-state index contributed by atoms with van der Waals surface area (Å²) in [6.07, 6.45) is 39.4. The number of ether oxygens (including phenoxy) is 3. The van der Waals surface area contributed by atoms with Gasteiger partial charge >= 0.3 is 12.1 Å². The molecule has 0 aliphatic carbocycles. The fraction of sp³-hybridized carbons (Fsp3) is 0.957. The van der Waals surface area contributed by atoms with Crippen molar-refractivity contribution >= 4 is 12.1 Å². The lowest BCUT2D eigenvalue weighted by atomic mass is 10.0. The van der Waals surface area contributed by atoms with E-state index in [1.807, 2.05) is 0 Å². The Bertz CT molecular complexity index is 750. The highest BCUT2D eigenvalue weighted by Crippen LogP contribution is 2.18. The minimum atomic E-state index is -0.469. The molecule has 0 aliphatic rings. The number of nitrogens with zero attached hydrogens (tertiary/aromatic N) is 1. The van der Waals surface area contributed by atoms with Crippen molar-refractivity contribution in [2.45, 2.75) is 245 Å². The van der Waals surface area contributed by atoms with E-state index < -0.39 is 6.16 Å². The number of hydrogen-bond donors (Lipinski definition) is 1. The van der Waals surface area contributed by atoms with Crippen LogP contribution in [0.2, 0.25) is 0 Å². The van der Waals surface area contributed by atoms with Gasteiger partial charge in [0, 0.05) is 13.0 Å². The maximum atomic E-state index is 12.5. The van der Waals surface area contributed by atoms with Gasteiger partial charge in [0.05, 0.1) is 19.8 Å². The van der Waals surface area contributed by atoms with E-state index in [-0.39, 0.29) is 18.7 Å². The van der Waals surface area contributed by atoms with E-state index in [0.717, 1.165) is 90.3 Å². The van der Waals surface area contributed by atoms with Gasteiger partial charge in [0.1, 0.15) is 6.10 Å². The summed E-state index contributed by atoms with van der Waals surface area (Å²) in [6, 6.07) is 0. The molecule has 0 aliphatic heterocycles. The molecule has 0 saturated heterocycles. The Kier molecular flexibility index (Phi) is 42.3. The third-order valence-corrected chi connectivity index (χ3v) is 10.6. The van der Waals surface area contributed by atoms with E-state index in [9.17, 15) is 14.7 Å². The Hall–Kier alpha value is -1.34. The summed E-state index contributed by atoms with van der Waals surface area (Å²) in [6.45, 7) is 10.9. The third-order valence-electron chi connectivity index (χ3n) is 10.6. The Labute approximate surface area is 329 Å². The van der Waals surface area contributed by atoms with Crippen LogP contribution in [0.15, 0.2) is 0 Å². The average molecular weight is 754 g/mol. The highest BCUT2D eigenvalue weighted by Gasteiger charge is 2.15. The summed E-state index contributed by atoms with van der Waals surface area (Å²) >= 11 is 0. The zero-order valence-electron chi connectivity index (χ0n) is 35.8. The van der Waals surface area contributed by atoms with Gasteiger partial charge in [-0.2, -0.15) is 0 Å². The fourth-order valence-electron chi connectivity index (χ4n) is 7.14. The molecule has 0 aromatic carbocycles. The van der Waals surface area contributed by atoms with E-state index >= 15 is 0 Å². The van der Waals surface area contributed by atoms with E-state index in [1.54, 1.807) is 0 Å². The second-order valence-corrected chi connectivity index (χ2v) is 15.9. The van der Waals surface area contributed by atoms with Crippen LogP contribution in [0.4, 0.5) is 4.79 Å². The zero-order valence-corrected chi connectivity index (χ0v) is 35.8. The predicted molar refractivity (Wildman–Crippen MR) is 225 cm³/mol.